The molecule has 154 valence electrons. The van der Waals surface area contributed by atoms with Gasteiger partial charge in [-0.3, -0.25) is 4.79 Å². The molecule has 1 fully saturated rings. The number of hydrogen-bond acceptors (Lipinski definition) is 4. The summed E-state index contributed by atoms with van der Waals surface area (Å²) in [6, 6.07) is 14.9. The number of carbonyl (C=O) groups is 1. The van der Waals surface area contributed by atoms with E-state index in [1.54, 1.807) is 14.2 Å². The fourth-order valence-corrected chi connectivity index (χ4v) is 4.71. The molecule has 2 aromatic rings. The molecule has 0 radical (unpaired) electrons. The van der Waals surface area contributed by atoms with Crippen LogP contribution in [-0.2, 0) is 11.2 Å². The highest BCUT2D eigenvalue weighted by Gasteiger charge is 2.33. The number of rotatable bonds is 5. The number of methoxy groups -OCH3 is 2. The van der Waals surface area contributed by atoms with Gasteiger partial charge >= 0.3 is 0 Å². The summed E-state index contributed by atoms with van der Waals surface area (Å²) in [6.07, 6.45) is 4.17. The molecule has 0 saturated carbocycles. The first-order valence-electron chi connectivity index (χ1n) is 10.5. The fourth-order valence-electron chi connectivity index (χ4n) is 4.71. The van der Waals surface area contributed by atoms with Crippen LogP contribution in [0.25, 0.3) is 0 Å². The molecular formula is C24H30N2O3. The molecule has 0 spiro atoms. The summed E-state index contributed by atoms with van der Waals surface area (Å²) in [4.78, 5) is 17.7. The van der Waals surface area contributed by atoms with Crippen molar-refractivity contribution < 1.29 is 14.3 Å². The Kier molecular flexibility index (Phi) is 5.65. The molecule has 0 bridgehead atoms. The van der Waals surface area contributed by atoms with E-state index >= 15 is 0 Å². The van der Waals surface area contributed by atoms with Crippen molar-refractivity contribution in [2.45, 2.75) is 44.7 Å². The second kappa shape index (κ2) is 8.36. The van der Waals surface area contributed by atoms with Crippen molar-refractivity contribution in [2.24, 2.45) is 0 Å². The van der Waals surface area contributed by atoms with Gasteiger partial charge in [-0.05, 0) is 61.9 Å². The molecule has 5 heteroatoms. The lowest BCUT2D eigenvalue weighted by atomic mass is 9.96. The van der Waals surface area contributed by atoms with E-state index in [9.17, 15) is 4.79 Å². The summed E-state index contributed by atoms with van der Waals surface area (Å²) >= 11 is 0. The molecule has 2 aliphatic heterocycles. The van der Waals surface area contributed by atoms with E-state index in [1.165, 1.54) is 11.3 Å². The Balaban J connectivity index is 1.54. The minimum atomic E-state index is 0.0950. The zero-order valence-corrected chi connectivity index (χ0v) is 17.6. The third kappa shape index (κ3) is 3.78. The van der Waals surface area contributed by atoms with Crippen LogP contribution in [0.4, 0.5) is 5.69 Å². The largest absolute Gasteiger partial charge is 0.493 e. The lowest BCUT2D eigenvalue weighted by molar-refractivity contribution is -0.130. The number of fused-ring (bicyclic) bond motifs is 1. The van der Waals surface area contributed by atoms with Gasteiger partial charge in [0.25, 0.3) is 0 Å². The van der Waals surface area contributed by atoms with Crippen molar-refractivity contribution >= 4 is 11.6 Å². The molecule has 2 aliphatic rings. The van der Waals surface area contributed by atoms with Crippen molar-refractivity contribution in [1.82, 2.24) is 4.90 Å². The summed E-state index contributed by atoms with van der Waals surface area (Å²) < 4.78 is 10.8. The highest BCUT2D eigenvalue weighted by molar-refractivity contribution is 5.83. The zero-order chi connectivity index (χ0) is 20.4. The van der Waals surface area contributed by atoms with Crippen molar-refractivity contribution in [3.63, 3.8) is 0 Å². The van der Waals surface area contributed by atoms with E-state index in [1.807, 2.05) is 17.0 Å². The molecule has 5 nitrogen and oxygen atoms in total. The molecule has 0 N–H and O–H groups in total. The first kappa shape index (κ1) is 19.6. The number of likely N-dealkylation sites (tertiary alicyclic amines) is 1. The summed E-state index contributed by atoms with van der Waals surface area (Å²) in [7, 11) is 3.29. The second-order valence-electron chi connectivity index (χ2n) is 8.00. The van der Waals surface area contributed by atoms with Crippen LogP contribution in [0.2, 0.25) is 0 Å². The summed E-state index contributed by atoms with van der Waals surface area (Å²) in [5.41, 5.74) is 3.67. The van der Waals surface area contributed by atoms with Crippen LogP contribution in [0.1, 0.15) is 43.4 Å². The third-order valence-corrected chi connectivity index (χ3v) is 6.34. The van der Waals surface area contributed by atoms with Gasteiger partial charge in [-0.25, -0.2) is 0 Å². The molecule has 1 saturated heterocycles. The van der Waals surface area contributed by atoms with Crippen LogP contribution in [0.5, 0.6) is 11.5 Å². The van der Waals surface area contributed by atoms with Crippen LogP contribution < -0.4 is 14.4 Å². The summed E-state index contributed by atoms with van der Waals surface area (Å²) in [6.45, 7) is 3.46. The second-order valence-corrected chi connectivity index (χ2v) is 8.00. The van der Waals surface area contributed by atoms with Crippen molar-refractivity contribution in [3.05, 3.63) is 53.6 Å². The number of carbonyl (C=O) groups excluding carboxylic acids is 1. The van der Waals surface area contributed by atoms with Gasteiger partial charge in [0.1, 0.15) is 0 Å². The van der Waals surface area contributed by atoms with Crippen LogP contribution >= 0.6 is 0 Å². The van der Waals surface area contributed by atoms with Crippen LogP contribution in [0.3, 0.4) is 0 Å². The van der Waals surface area contributed by atoms with E-state index in [0.29, 0.717) is 24.1 Å². The maximum absolute atomic E-state index is 13.4. The van der Waals surface area contributed by atoms with E-state index in [-0.39, 0.29) is 11.9 Å². The lowest BCUT2D eigenvalue weighted by Crippen LogP contribution is -2.45. The number of amides is 1. The van der Waals surface area contributed by atoms with Gasteiger partial charge in [0.15, 0.2) is 11.5 Å². The van der Waals surface area contributed by atoms with Crippen LogP contribution in [0.15, 0.2) is 42.5 Å². The van der Waals surface area contributed by atoms with Gasteiger partial charge < -0.3 is 19.3 Å². The van der Waals surface area contributed by atoms with E-state index < -0.39 is 0 Å². The lowest BCUT2D eigenvalue weighted by Gasteiger charge is -2.38. The number of anilines is 1. The highest BCUT2D eigenvalue weighted by atomic mass is 16.5. The number of hydrogen-bond donors (Lipinski definition) is 0. The van der Waals surface area contributed by atoms with Crippen molar-refractivity contribution in [3.8, 4) is 11.5 Å². The third-order valence-electron chi connectivity index (χ3n) is 6.34. The highest BCUT2D eigenvalue weighted by Crippen LogP contribution is 2.37. The number of nitrogens with zero attached hydrogens (tertiary/aromatic N) is 2. The Bertz CT molecular complexity index is 882. The van der Waals surface area contributed by atoms with Gasteiger partial charge in [0, 0.05) is 18.3 Å². The Morgan fingerprint density at radius 3 is 2.66 bits per heavy atom. The summed E-state index contributed by atoms with van der Waals surface area (Å²) in [5.74, 6) is 1.62. The maximum Gasteiger partial charge on any atom is 0.242 e. The Hall–Kier alpha value is -2.69. The van der Waals surface area contributed by atoms with E-state index in [4.69, 9.17) is 9.47 Å². The first-order valence-corrected chi connectivity index (χ1v) is 10.5. The number of aryl methyl sites for hydroxylation is 1. The van der Waals surface area contributed by atoms with Gasteiger partial charge in [-0.1, -0.05) is 24.3 Å². The predicted octanol–water partition coefficient (Wildman–Crippen LogP) is 4.21. The molecule has 4 rings (SSSR count). The van der Waals surface area contributed by atoms with Gasteiger partial charge in [0.05, 0.1) is 26.8 Å². The average Bonchev–Trinajstić information content (AvgIpc) is 3.25. The van der Waals surface area contributed by atoms with E-state index in [2.05, 4.69) is 42.2 Å². The molecule has 1 amide bonds. The van der Waals surface area contributed by atoms with Gasteiger partial charge in [-0.15, -0.1) is 0 Å². The minimum absolute atomic E-state index is 0.0950. The monoisotopic (exact) mass is 394 g/mol. The number of benzene rings is 2. The fraction of sp³-hybridized carbons (Fsp3) is 0.458. The minimum Gasteiger partial charge on any atom is -0.493 e. The van der Waals surface area contributed by atoms with Crippen LogP contribution in [0, 0.1) is 0 Å². The van der Waals surface area contributed by atoms with Gasteiger partial charge in [0.2, 0.25) is 5.91 Å². The topological polar surface area (TPSA) is 42.0 Å². The Morgan fingerprint density at radius 2 is 1.86 bits per heavy atom. The standard InChI is InChI=1S/C24H30N2O3/c1-17-10-11-18-7-4-5-8-20(18)26(17)16-24(27)25-14-6-9-21(25)19-12-13-22(28-2)23(15-19)29-3/h4-5,7-8,12-13,15,17,21H,6,9-11,14,16H2,1-3H3. The maximum atomic E-state index is 13.4. The molecule has 29 heavy (non-hydrogen) atoms. The molecule has 2 aromatic carbocycles. The summed E-state index contributed by atoms with van der Waals surface area (Å²) in [5, 5.41) is 0. The quantitative estimate of drug-likeness (QED) is 0.762. The molecule has 2 heterocycles. The van der Waals surface area contributed by atoms with Gasteiger partial charge in [-0.2, -0.15) is 0 Å². The Morgan fingerprint density at radius 1 is 1.07 bits per heavy atom. The molecule has 0 aliphatic carbocycles. The molecule has 0 aromatic heterocycles. The average molecular weight is 395 g/mol. The van der Waals surface area contributed by atoms with Crippen molar-refractivity contribution in [1.29, 1.82) is 0 Å². The molecular weight excluding hydrogens is 364 g/mol. The normalized spacial score (nSPS) is 21.1. The van der Waals surface area contributed by atoms with E-state index in [0.717, 1.165) is 37.8 Å². The zero-order valence-electron chi connectivity index (χ0n) is 17.6. The van der Waals surface area contributed by atoms with Crippen LogP contribution in [-0.4, -0.2) is 44.2 Å². The number of para-hydroxylation sites is 1. The molecule has 2 atom stereocenters. The SMILES string of the molecule is COc1ccc(C2CCCN2C(=O)CN2c3ccccc3CCC2C)cc1OC. The first-order chi connectivity index (χ1) is 14.1. The predicted molar refractivity (Wildman–Crippen MR) is 115 cm³/mol. The van der Waals surface area contributed by atoms with Crippen molar-refractivity contribution in [2.75, 3.05) is 32.2 Å². The molecule has 2 unspecified atom stereocenters. The Labute approximate surface area is 173 Å². The smallest absolute Gasteiger partial charge is 0.242 e. The number of ether oxygens (including phenoxy) is 2.